The van der Waals surface area contributed by atoms with E-state index in [1.54, 1.807) is 5.56 Å². The van der Waals surface area contributed by atoms with Gasteiger partial charge in [-0.05, 0) is 95.8 Å². The molecule has 4 aromatic rings. The molecule has 0 radical (unpaired) electrons. The minimum Gasteiger partial charge on any atom is -0.280 e. The lowest BCUT2D eigenvalue weighted by Crippen LogP contribution is -2.15. The predicted molar refractivity (Wildman–Crippen MR) is 199 cm³/mol. The van der Waals surface area contributed by atoms with Crippen LogP contribution in [0.5, 0.6) is 0 Å². The molecule has 0 saturated heterocycles. The van der Waals surface area contributed by atoms with Crippen LogP contribution in [0.3, 0.4) is 0 Å². The van der Waals surface area contributed by atoms with E-state index < -0.39 is 0 Å². The van der Waals surface area contributed by atoms with Gasteiger partial charge in [-0.25, -0.2) is 0 Å². The van der Waals surface area contributed by atoms with E-state index in [1.165, 1.54) is 106 Å². The molecule has 1 aliphatic carbocycles. The summed E-state index contributed by atoms with van der Waals surface area (Å²) in [5.41, 5.74) is 9.83. The Kier molecular flexibility index (Phi) is 11.4. The quantitative estimate of drug-likeness (QED) is 0.123. The third-order valence-corrected chi connectivity index (χ3v) is 12.0. The van der Waals surface area contributed by atoms with Gasteiger partial charge in [0, 0.05) is 20.5 Å². The zero-order valence-electron chi connectivity index (χ0n) is 27.3. The molecule has 6 rings (SSSR count). The average Bonchev–Trinajstić information content (AvgIpc) is 3.68. The number of hydrogen-bond acceptors (Lipinski definition) is 3. The largest absolute Gasteiger partial charge is 0.280 e. The normalized spacial score (nSPS) is 17.9. The maximum Gasteiger partial charge on any atom is 0.0750 e. The van der Waals surface area contributed by atoms with Crippen molar-refractivity contribution in [1.29, 1.82) is 0 Å². The predicted octanol–water partition coefficient (Wildman–Crippen LogP) is 13.0. The highest BCUT2D eigenvalue weighted by Crippen LogP contribution is 2.43. The maximum atomic E-state index is 5.49. The summed E-state index contributed by atoms with van der Waals surface area (Å²) >= 11 is 3.95. The van der Waals surface area contributed by atoms with Crippen LogP contribution >= 0.6 is 22.7 Å². The Morgan fingerprint density at radius 3 is 2.24 bits per heavy atom. The van der Waals surface area contributed by atoms with Gasteiger partial charge in [-0.3, -0.25) is 4.99 Å². The molecule has 2 aromatic carbocycles. The van der Waals surface area contributed by atoms with E-state index in [0.717, 1.165) is 25.7 Å². The van der Waals surface area contributed by atoms with Gasteiger partial charge >= 0.3 is 0 Å². The SMILES string of the molecule is CCCCCCc1cc(-c2sccc2CCCCCC)sc1-c1ccc(C2=NC3CC=CC=C3CCC2c2ccccc2)cc1. The van der Waals surface area contributed by atoms with E-state index in [4.69, 9.17) is 4.99 Å². The van der Waals surface area contributed by atoms with Gasteiger partial charge in [-0.1, -0.05) is 125 Å². The fourth-order valence-electron chi connectivity index (χ4n) is 7.03. The minimum atomic E-state index is 0.273. The molecule has 0 fully saturated rings. The number of unbranched alkanes of at least 4 members (excludes halogenated alkanes) is 6. The average molecular weight is 632 g/mol. The van der Waals surface area contributed by atoms with Crippen molar-refractivity contribution in [3.63, 3.8) is 0 Å². The number of fused-ring (bicyclic) bond motifs is 1. The summed E-state index contributed by atoms with van der Waals surface area (Å²) in [5, 5.41) is 2.30. The lowest BCUT2D eigenvalue weighted by Gasteiger charge is -2.19. The first-order valence-corrected chi connectivity index (χ1v) is 19.2. The summed E-state index contributed by atoms with van der Waals surface area (Å²) in [4.78, 5) is 9.91. The molecule has 2 atom stereocenters. The lowest BCUT2D eigenvalue weighted by molar-refractivity contribution is 0.667. The van der Waals surface area contributed by atoms with Crippen LogP contribution in [-0.4, -0.2) is 11.8 Å². The molecule has 0 amide bonds. The highest BCUT2D eigenvalue weighted by atomic mass is 32.1. The Hall–Kier alpha value is -3.01. The number of rotatable bonds is 14. The summed E-state index contributed by atoms with van der Waals surface area (Å²) in [6.45, 7) is 4.60. The summed E-state index contributed by atoms with van der Waals surface area (Å²) in [7, 11) is 0. The van der Waals surface area contributed by atoms with E-state index in [2.05, 4.69) is 104 Å². The van der Waals surface area contributed by atoms with Crippen molar-refractivity contribution in [2.75, 3.05) is 0 Å². The van der Waals surface area contributed by atoms with Gasteiger partial charge in [-0.2, -0.15) is 0 Å². The van der Waals surface area contributed by atoms with Gasteiger partial charge in [0.15, 0.2) is 0 Å². The van der Waals surface area contributed by atoms with Gasteiger partial charge in [0.1, 0.15) is 0 Å². The molecule has 1 aliphatic heterocycles. The zero-order valence-corrected chi connectivity index (χ0v) is 28.9. The van der Waals surface area contributed by atoms with Crippen LogP contribution in [-0.2, 0) is 12.8 Å². The van der Waals surface area contributed by atoms with E-state index >= 15 is 0 Å². The topological polar surface area (TPSA) is 12.4 Å². The molecule has 1 nitrogen and oxygen atoms in total. The zero-order chi connectivity index (χ0) is 30.8. The van der Waals surface area contributed by atoms with Crippen LogP contribution in [0.15, 0.2) is 101 Å². The number of aryl methyl sites for hydroxylation is 2. The molecule has 3 heteroatoms. The van der Waals surface area contributed by atoms with Gasteiger partial charge in [0.25, 0.3) is 0 Å². The van der Waals surface area contributed by atoms with Crippen LogP contribution in [0, 0.1) is 0 Å². The molecule has 3 heterocycles. The van der Waals surface area contributed by atoms with Crippen molar-refractivity contribution in [2.45, 2.75) is 109 Å². The Balaban J connectivity index is 1.31. The van der Waals surface area contributed by atoms with Crippen LogP contribution in [0.4, 0.5) is 0 Å². The van der Waals surface area contributed by atoms with E-state index in [0.29, 0.717) is 5.92 Å². The van der Waals surface area contributed by atoms with Crippen LogP contribution in [0.1, 0.15) is 113 Å². The standard InChI is InChI=1S/C42H49NS2/c1-3-5-7-10-19-34-28-29-44-42(34)39-30-36(20-11-8-6-4-2)41(45-39)35-24-22-33(23-25-35)40-37(31-16-12-9-13-17-31)27-26-32-18-14-15-21-38(32)43-40/h9,12-18,22-25,28-30,37-38H,3-8,10-11,19-21,26-27H2,1-2H3. The highest BCUT2D eigenvalue weighted by Gasteiger charge is 2.28. The molecule has 0 bridgehead atoms. The van der Waals surface area contributed by atoms with Gasteiger partial charge in [0.2, 0.25) is 0 Å². The number of nitrogens with zero attached hydrogens (tertiary/aromatic N) is 1. The second-order valence-electron chi connectivity index (χ2n) is 12.9. The van der Waals surface area contributed by atoms with Crippen LogP contribution in [0.2, 0.25) is 0 Å². The third-order valence-electron chi connectivity index (χ3n) is 9.60. The fourth-order valence-corrected chi connectivity index (χ4v) is 9.36. The molecule has 2 aliphatic rings. The maximum absolute atomic E-state index is 5.49. The second kappa shape index (κ2) is 16.0. The first-order chi connectivity index (χ1) is 22.2. The van der Waals surface area contributed by atoms with Gasteiger partial charge in [0.05, 0.1) is 11.8 Å². The van der Waals surface area contributed by atoms with Crippen molar-refractivity contribution in [2.24, 2.45) is 4.99 Å². The number of allylic oxidation sites excluding steroid dienone is 2. The summed E-state index contributed by atoms with van der Waals surface area (Å²) in [6.07, 6.45) is 22.9. The Bertz CT molecular complexity index is 1600. The summed E-state index contributed by atoms with van der Waals surface area (Å²) in [6, 6.07) is 25.7. The smallest absolute Gasteiger partial charge is 0.0750 e. The monoisotopic (exact) mass is 631 g/mol. The first-order valence-electron chi connectivity index (χ1n) is 17.5. The third kappa shape index (κ3) is 7.87. The Morgan fingerprint density at radius 2 is 1.49 bits per heavy atom. The molecule has 0 N–H and O–H groups in total. The lowest BCUT2D eigenvalue weighted by atomic mass is 9.85. The molecule has 234 valence electrons. The molecular weight excluding hydrogens is 583 g/mol. The van der Waals surface area contributed by atoms with Crippen molar-refractivity contribution in [3.05, 3.63) is 118 Å². The Morgan fingerprint density at radius 1 is 0.756 bits per heavy atom. The van der Waals surface area contributed by atoms with Crippen molar-refractivity contribution in [1.82, 2.24) is 0 Å². The Labute approximate surface area is 279 Å². The van der Waals surface area contributed by atoms with Crippen molar-refractivity contribution >= 4 is 28.4 Å². The van der Waals surface area contributed by atoms with Crippen LogP contribution < -0.4 is 0 Å². The number of aliphatic imine (C=N–C) groups is 1. The van der Waals surface area contributed by atoms with Gasteiger partial charge < -0.3 is 0 Å². The van der Waals surface area contributed by atoms with Gasteiger partial charge in [-0.15, -0.1) is 22.7 Å². The molecule has 0 spiro atoms. The van der Waals surface area contributed by atoms with Crippen molar-refractivity contribution in [3.8, 4) is 20.2 Å². The fraction of sp³-hybridized carbons (Fsp3) is 0.405. The minimum absolute atomic E-state index is 0.273. The van der Waals surface area contributed by atoms with E-state index in [9.17, 15) is 0 Å². The molecule has 45 heavy (non-hydrogen) atoms. The number of thiophene rings is 2. The molecular formula is C42H49NS2. The first kappa shape index (κ1) is 32.0. The molecule has 2 unspecified atom stereocenters. The van der Waals surface area contributed by atoms with Crippen molar-refractivity contribution < 1.29 is 0 Å². The van der Waals surface area contributed by atoms with E-state index in [-0.39, 0.29) is 6.04 Å². The van der Waals surface area contributed by atoms with Crippen LogP contribution in [0.25, 0.3) is 20.2 Å². The summed E-state index contributed by atoms with van der Waals surface area (Å²) in [5.74, 6) is 0.320. The second-order valence-corrected chi connectivity index (χ2v) is 14.8. The summed E-state index contributed by atoms with van der Waals surface area (Å²) < 4.78 is 0. The molecule has 0 saturated carbocycles. The number of hydrogen-bond donors (Lipinski definition) is 0. The van der Waals surface area contributed by atoms with E-state index in [1.807, 2.05) is 22.7 Å². The number of benzene rings is 2. The highest BCUT2D eigenvalue weighted by molar-refractivity contribution is 7.23. The molecule has 2 aromatic heterocycles.